The van der Waals surface area contributed by atoms with Gasteiger partial charge in [0.2, 0.25) is 0 Å². The van der Waals surface area contributed by atoms with Crippen LogP contribution in [0.1, 0.15) is 11.6 Å². The predicted octanol–water partition coefficient (Wildman–Crippen LogP) is 1.95. The third-order valence-electron chi connectivity index (χ3n) is 2.53. The van der Waals surface area contributed by atoms with Crippen molar-refractivity contribution in [3.8, 4) is 11.5 Å². The summed E-state index contributed by atoms with van der Waals surface area (Å²) in [5.41, 5.74) is 0.330. The Kier molecular flexibility index (Phi) is 3.63. The largest absolute Gasteiger partial charge is 0.573 e. The highest BCUT2D eigenvalue weighted by Gasteiger charge is 2.31. The Morgan fingerprint density at radius 3 is 2.78 bits per heavy atom. The van der Waals surface area contributed by atoms with Crippen molar-refractivity contribution in [2.24, 2.45) is 0 Å². The van der Waals surface area contributed by atoms with Crippen LogP contribution in [0.15, 0.2) is 18.2 Å². The Hall–Kier alpha value is -1.47. The normalized spacial score (nSPS) is 20.7. The lowest BCUT2D eigenvalue weighted by atomic mass is 10.1. The number of ether oxygens (including phenoxy) is 2. The molecule has 2 rings (SSSR count). The number of rotatable bonds is 2. The maximum absolute atomic E-state index is 12.1. The van der Waals surface area contributed by atoms with Crippen LogP contribution in [-0.4, -0.2) is 31.2 Å². The second kappa shape index (κ2) is 5.03. The molecule has 1 aromatic carbocycles. The standard InChI is InChI=1S/C11H12F3NO3/c12-11(13,14)18-7-1-2-10(16)8(5-7)9-6-17-4-3-15-9/h1-2,5,9,15-16H,3-4,6H2/t9-/m1/s1. The Labute approximate surface area is 101 Å². The molecule has 0 amide bonds. The molecule has 0 saturated carbocycles. The van der Waals surface area contributed by atoms with Gasteiger partial charge in [-0.1, -0.05) is 0 Å². The number of aromatic hydroxyl groups is 1. The van der Waals surface area contributed by atoms with Crippen molar-refractivity contribution in [1.29, 1.82) is 0 Å². The number of morpholine rings is 1. The van der Waals surface area contributed by atoms with Gasteiger partial charge in [-0.25, -0.2) is 0 Å². The zero-order chi connectivity index (χ0) is 13.2. The topological polar surface area (TPSA) is 50.7 Å². The first-order valence-electron chi connectivity index (χ1n) is 5.35. The summed E-state index contributed by atoms with van der Waals surface area (Å²) in [4.78, 5) is 0. The van der Waals surface area contributed by atoms with Gasteiger partial charge in [0, 0.05) is 12.1 Å². The first-order chi connectivity index (χ1) is 8.46. The molecule has 1 saturated heterocycles. The Morgan fingerprint density at radius 1 is 1.39 bits per heavy atom. The van der Waals surface area contributed by atoms with Crippen LogP contribution in [0, 0.1) is 0 Å². The highest BCUT2D eigenvalue weighted by Crippen LogP contribution is 2.32. The number of phenolic OH excluding ortho intramolecular Hbond substituents is 1. The average Bonchev–Trinajstić information content (AvgIpc) is 2.31. The van der Waals surface area contributed by atoms with E-state index in [0.717, 1.165) is 12.1 Å². The Balaban J connectivity index is 2.20. The predicted molar refractivity (Wildman–Crippen MR) is 56.4 cm³/mol. The van der Waals surface area contributed by atoms with Gasteiger partial charge in [0.15, 0.2) is 0 Å². The van der Waals surface area contributed by atoms with E-state index < -0.39 is 6.36 Å². The van der Waals surface area contributed by atoms with Crippen molar-refractivity contribution < 1.29 is 27.8 Å². The summed E-state index contributed by atoms with van der Waals surface area (Å²) in [6, 6.07) is 3.06. The minimum absolute atomic E-state index is 0.0903. The van der Waals surface area contributed by atoms with Crippen LogP contribution in [0.4, 0.5) is 13.2 Å². The third-order valence-corrected chi connectivity index (χ3v) is 2.53. The van der Waals surface area contributed by atoms with Crippen LogP contribution in [0.3, 0.4) is 0 Å². The molecule has 100 valence electrons. The summed E-state index contributed by atoms with van der Waals surface area (Å²) in [5.74, 6) is -0.449. The quantitative estimate of drug-likeness (QED) is 0.856. The number of hydrogen-bond donors (Lipinski definition) is 2. The smallest absolute Gasteiger partial charge is 0.508 e. The maximum Gasteiger partial charge on any atom is 0.573 e. The van der Waals surface area contributed by atoms with Gasteiger partial charge in [0.05, 0.1) is 19.3 Å². The van der Waals surface area contributed by atoms with E-state index in [1.165, 1.54) is 6.07 Å². The summed E-state index contributed by atoms with van der Waals surface area (Å²) in [7, 11) is 0. The fourth-order valence-corrected chi connectivity index (χ4v) is 1.77. The van der Waals surface area contributed by atoms with Gasteiger partial charge >= 0.3 is 6.36 Å². The fourth-order valence-electron chi connectivity index (χ4n) is 1.77. The maximum atomic E-state index is 12.1. The van der Waals surface area contributed by atoms with Gasteiger partial charge in [-0.3, -0.25) is 0 Å². The van der Waals surface area contributed by atoms with Gasteiger partial charge in [-0.05, 0) is 18.2 Å². The lowest BCUT2D eigenvalue weighted by Gasteiger charge is -2.25. The molecule has 7 heteroatoms. The molecule has 1 aliphatic heterocycles. The lowest BCUT2D eigenvalue weighted by Crippen LogP contribution is -2.34. The summed E-state index contributed by atoms with van der Waals surface area (Å²) in [5, 5.41) is 12.7. The monoisotopic (exact) mass is 263 g/mol. The fraction of sp³-hybridized carbons (Fsp3) is 0.455. The van der Waals surface area contributed by atoms with Gasteiger partial charge < -0.3 is 19.9 Å². The van der Waals surface area contributed by atoms with Crippen LogP contribution in [0.2, 0.25) is 0 Å². The molecular weight excluding hydrogens is 251 g/mol. The van der Waals surface area contributed by atoms with Crippen molar-refractivity contribution in [1.82, 2.24) is 5.32 Å². The van der Waals surface area contributed by atoms with Crippen LogP contribution >= 0.6 is 0 Å². The van der Waals surface area contributed by atoms with Crippen molar-refractivity contribution in [2.45, 2.75) is 12.4 Å². The molecule has 2 N–H and O–H groups in total. The average molecular weight is 263 g/mol. The first-order valence-corrected chi connectivity index (χ1v) is 5.35. The second-order valence-corrected chi connectivity index (χ2v) is 3.85. The van der Waals surface area contributed by atoms with E-state index in [4.69, 9.17) is 4.74 Å². The van der Waals surface area contributed by atoms with Gasteiger partial charge in [-0.15, -0.1) is 13.2 Å². The Bertz CT molecular complexity index is 416. The molecule has 0 radical (unpaired) electrons. The van der Waals surface area contributed by atoms with Gasteiger partial charge in [0.1, 0.15) is 11.5 Å². The highest BCUT2D eigenvalue weighted by molar-refractivity contribution is 5.41. The molecule has 0 aliphatic carbocycles. The number of halogens is 3. The Morgan fingerprint density at radius 2 is 2.17 bits per heavy atom. The molecule has 4 nitrogen and oxygen atoms in total. The highest BCUT2D eigenvalue weighted by atomic mass is 19.4. The second-order valence-electron chi connectivity index (χ2n) is 3.85. The molecule has 1 aliphatic rings. The van der Waals surface area contributed by atoms with Crippen LogP contribution in [0.25, 0.3) is 0 Å². The molecule has 0 spiro atoms. The number of phenols is 1. The van der Waals surface area contributed by atoms with E-state index in [9.17, 15) is 18.3 Å². The minimum Gasteiger partial charge on any atom is -0.508 e. The number of nitrogens with one attached hydrogen (secondary N) is 1. The van der Waals surface area contributed by atoms with E-state index >= 15 is 0 Å². The molecule has 0 unspecified atom stereocenters. The SMILES string of the molecule is Oc1ccc(OC(F)(F)F)cc1[C@H]1COCCN1. The van der Waals surface area contributed by atoms with E-state index in [-0.39, 0.29) is 17.5 Å². The van der Waals surface area contributed by atoms with E-state index in [0.29, 0.717) is 25.3 Å². The van der Waals surface area contributed by atoms with Crippen molar-refractivity contribution in [3.05, 3.63) is 23.8 Å². The molecule has 1 aromatic rings. The van der Waals surface area contributed by atoms with Gasteiger partial charge in [-0.2, -0.15) is 0 Å². The van der Waals surface area contributed by atoms with Crippen molar-refractivity contribution in [3.63, 3.8) is 0 Å². The zero-order valence-electron chi connectivity index (χ0n) is 9.33. The van der Waals surface area contributed by atoms with E-state index in [2.05, 4.69) is 10.1 Å². The third kappa shape index (κ3) is 3.27. The van der Waals surface area contributed by atoms with E-state index in [1.54, 1.807) is 0 Å². The minimum atomic E-state index is -4.75. The molecule has 0 aromatic heterocycles. The summed E-state index contributed by atoms with van der Waals surface area (Å²) in [6.07, 6.45) is -4.75. The molecule has 0 bridgehead atoms. The van der Waals surface area contributed by atoms with Crippen molar-refractivity contribution in [2.75, 3.05) is 19.8 Å². The number of hydrogen-bond acceptors (Lipinski definition) is 4. The zero-order valence-corrected chi connectivity index (χ0v) is 9.33. The molecule has 1 heterocycles. The summed E-state index contributed by atoms with van der Waals surface area (Å²) >= 11 is 0. The number of alkyl halides is 3. The number of benzene rings is 1. The lowest BCUT2D eigenvalue weighted by molar-refractivity contribution is -0.274. The van der Waals surface area contributed by atoms with Crippen LogP contribution in [0.5, 0.6) is 11.5 Å². The summed E-state index contributed by atoms with van der Waals surface area (Å²) in [6.45, 7) is 1.41. The molecule has 1 atom stereocenters. The van der Waals surface area contributed by atoms with Crippen molar-refractivity contribution >= 4 is 0 Å². The van der Waals surface area contributed by atoms with Crippen LogP contribution < -0.4 is 10.1 Å². The molecule has 18 heavy (non-hydrogen) atoms. The first kappa shape index (κ1) is 13.0. The summed E-state index contributed by atoms with van der Waals surface area (Å²) < 4.78 is 45.3. The van der Waals surface area contributed by atoms with Crippen LogP contribution in [-0.2, 0) is 4.74 Å². The molecular formula is C11H12F3NO3. The molecule has 1 fully saturated rings. The van der Waals surface area contributed by atoms with Gasteiger partial charge in [0.25, 0.3) is 0 Å². The van der Waals surface area contributed by atoms with E-state index in [1.807, 2.05) is 0 Å².